The van der Waals surface area contributed by atoms with Crippen molar-refractivity contribution in [1.29, 1.82) is 0 Å². The molecule has 1 amide bonds. The number of methoxy groups -OCH3 is 2. The lowest BCUT2D eigenvalue weighted by Gasteiger charge is -2.18. The van der Waals surface area contributed by atoms with Crippen molar-refractivity contribution in [2.45, 2.75) is 84.3 Å². The molecule has 1 fully saturated rings. The summed E-state index contributed by atoms with van der Waals surface area (Å²) in [5, 5.41) is 3.21. The molecule has 3 rings (SSSR count). The van der Waals surface area contributed by atoms with Crippen molar-refractivity contribution >= 4 is 11.9 Å². The largest absolute Gasteiger partial charge is 0.496 e. The van der Waals surface area contributed by atoms with Crippen LogP contribution in [0.3, 0.4) is 0 Å². The minimum atomic E-state index is -0.352. The lowest BCUT2D eigenvalue weighted by Crippen LogP contribution is -2.34. The van der Waals surface area contributed by atoms with Gasteiger partial charge in [0.1, 0.15) is 23.7 Å². The van der Waals surface area contributed by atoms with Gasteiger partial charge < -0.3 is 19.5 Å². The molecular weight excluding hydrogens is 394 g/mol. The van der Waals surface area contributed by atoms with E-state index in [1.807, 2.05) is 13.8 Å². The van der Waals surface area contributed by atoms with Crippen LogP contribution in [-0.2, 0) is 22.6 Å². The number of ether oxygens (including phenoxy) is 3. The van der Waals surface area contributed by atoms with Crippen LogP contribution in [0.1, 0.15) is 85.3 Å². The average molecular weight is 430 g/mol. The Labute approximate surface area is 185 Å². The van der Waals surface area contributed by atoms with Gasteiger partial charge in [0, 0.05) is 23.6 Å². The second-order valence-electron chi connectivity index (χ2n) is 8.61. The zero-order chi connectivity index (χ0) is 22.4. The summed E-state index contributed by atoms with van der Waals surface area (Å²) in [6.07, 6.45) is 11.0. The maximum atomic E-state index is 12.4. The number of carbonyl (C=O) groups is 2. The van der Waals surface area contributed by atoms with E-state index in [0.29, 0.717) is 36.6 Å². The summed E-state index contributed by atoms with van der Waals surface area (Å²) in [6, 6.07) is 0.335. The molecule has 1 N–H and O–H groups in total. The Morgan fingerprint density at radius 2 is 1.77 bits per heavy atom. The fourth-order valence-corrected chi connectivity index (χ4v) is 4.65. The summed E-state index contributed by atoms with van der Waals surface area (Å²) in [6.45, 7) is 4.22. The lowest BCUT2D eigenvalue weighted by atomic mass is 9.94. The van der Waals surface area contributed by atoms with Crippen molar-refractivity contribution in [3.63, 3.8) is 0 Å². The molecule has 1 aromatic rings. The first-order valence-electron chi connectivity index (χ1n) is 11.3. The number of allylic oxidation sites excluding steroid dienone is 2. The molecule has 0 atom stereocenters. The Morgan fingerprint density at radius 1 is 1.10 bits per heavy atom. The van der Waals surface area contributed by atoms with Gasteiger partial charge in [0.25, 0.3) is 0 Å². The van der Waals surface area contributed by atoms with Crippen LogP contribution in [0.4, 0.5) is 0 Å². The van der Waals surface area contributed by atoms with Gasteiger partial charge in [-0.05, 0) is 45.1 Å². The number of fused-ring (bicyclic) bond motifs is 1. The molecule has 6 heteroatoms. The van der Waals surface area contributed by atoms with Crippen molar-refractivity contribution in [2.24, 2.45) is 0 Å². The molecule has 2 aliphatic rings. The first-order valence-corrected chi connectivity index (χ1v) is 11.3. The van der Waals surface area contributed by atoms with Gasteiger partial charge in [-0.2, -0.15) is 0 Å². The minimum Gasteiger partial charge on any atom is -0.496 e. The average Bonchev–Trinajstić information content (AvgIpc) is 2.97. The van der Waals surface area contributed by atoms with Crippen LogP contribution in [0.2, 0.25) is 0 Å². The molecule has 1 saturated carbocycles. The molecule has 0 aromatic heterocycles. The summed E-state index contributed by atoms with van der Waals surface area (Å²) >= 11 is 0. The van der Waals surface area contributed by atoms with E-state index in [2.05, 4.69) is 11.4 Å². The van der Waals surface area contributed by atoms with E-state index in [0.717, 1.165) is 40.9 Å². The number of nitrogens with one attached hydrogen (secondary N) is 1. The molecule has 1 aromatic carbocycles. The van der Waals surface area contributed by atoms with E-state index in [1.165, 1.54) is 25.7 Å². The molecule has 0 saturated heterocycles. The predicted molar refractivity (Wildman–Crippen MR) is 120 cm³/mol. The molecule has 0 spiro atoms. The number of hydrogen-bond donors (Lipinski definition) is 1. The molecule has 1 aliphatic carbocycles. The van der Waals surface area contributed by atoms with Gasteiger partial charge in [-0.3, -0.25) is 4.79 Å². The van der Waals surface area contributed by atoms with E-state index in [9.17, 15) is 9.59 Å². The summed E-state index contributed by atoms with van der Waals surface area (Å²) < 4.78 is 16.5. The van der Waals surface area contributed by atoms with Crippen LogP contribution in [-0.4, -0.2) is 32.1 Å². The third-order valence-electron chi connectivity index (χ3n) is 6.45. The van der Waals surface area contributed by atoms with Crippen LogP contribution in [0, 0.1) is 6.92 Å². The van der Waals surface area contributed by atoms with Crippen molar-refractivity contribution in [1.82, 2.24) is 5.32 Å². The number of rotatable bonds is 8. The first-order chi connectivity index (χ1) is 15.0. The first kappa shape index (κ1) is 23.2. The zero-order valence-electron chi connectivity index (χ0n) is 19.3. The van der Waals surface area contributed by atoms with Crippen LogP contribution < -0.4 is 14.8 Å². The highest BCUT2D eigenvalue weighted by Gasteiger charge is 2.32. The number of benzene rings is 1. The van der Waals surface area contributed by atoms with Gasteiger partial charge in [-0.15, -0.1) is 0 Å². The van der Waals surface area contributed by atoms with E-state index in [1.54, 1.807) is 14.2 Å². The molecule has 1 aliphatic heterocycles. The van der Waals surface area contributed by atoms with Gasteiger partial charge in [-0.25, -0.2) is 4.79 Å². The van der Waals surface area contributed by atoms with Gasteiger partial charge in [0.15, 0.2) is 0 Å². The van der Waals surface area contributed by atoms with Crippen molar-refractivity contribution in [3.8, 4) is 11.5 Å². The summed E-state index contributed by atoms with van der Waals surface area (Å²) in [5.74, 6) is 1.03. The predicted octanol–water partition coefficient (Wildman–Crippen LogP) is 4.79. The highest BCUT2D eigenvalue weighted by Crippen LogP contribution is 2.42. The molecule has 6 nitrogen and oxygen atoms in total. The second kappa shape index (κ2) is 10.7. The Hall–Kier alpha value is -2.50. The highest BCUT2D eigenvalue weighted by molar-refractivity contribution is 5.98. The van der Waals surface area contributed by atoms with Crippen LogP contribution in [0.5, 0.6) is 11.5 Å². The smallest absolute Gasteiger partial charge is 0.342 e. The van der Waals surface area contributed by atoms with E-state index >= 15 is 0 Å². The van der Waals surface area contributed by atoms with E-state index in [-0.39, 0.29) is 18.5 Å². The van der Waals surface area contributed by atoms with Gasteiger partial charge in [0.2, 0.25) is 5.91 Å². The standard InChI is InChI=1S/C25H35NO5/c1-16(12-14-21(27)26-18-9-7-5-6-8-10-18)11-13-19-23(29-3)17(2)20-15-31-25(28)22(20)24(19)30-4/h11,18H,5-10,12-15H2,1-4H3,(H,26,27). The normalized spacial score (nSPS) is 17.0. The number of cyclic esters (lactones) is 1. The fraction of sp³-hybridized carbons (Fsp3) is 0.600. The summed E-state index contributed by atoms with van der Waals surface area (Å²) in [5.41, 5.74) is 4.21. The SMILES string of the molecule is COc1c(C)c2c(c(OC)c1CC=C(C)CCC(=O)NC1CCCCCC1)C(=O)OC2. The van der Waals surface area contributed by atoms with Crippen LogP contribution in [0.25, 0.3) is 0 Å². The lowest BCUT2D eigenvalue weighted by molar-refractivity contribution is -0.121. The number of esters is 1. The maximum Gasteiger partial charge on any atom is 0.342 e. The van der Waals surface area contributed by atoms with Crippen molar-refractivity contribution in [2.75, 3.05) is 14.2 Å². The molecule has 0 radical (unpaired) electrons. The Kier molecular flexibility index (Phi) is 7.99. The summed E-state index contributed by atoms with van der Waals surface area (Å²) in [7, 11) is 3.19. The fourth-order valence-electron chi connectivity index (χ4n) is 4.65. The van der Waals surface area contributed by atoms with Crippen LogP contribution in [0.15, 0.2) is 11.6 Å². The number of amides is 1. The molecular formula is C25H35NO5. The third-order valence-corrected chi connectivity index (χ3v) is 6.45. The van der Waals surface area contributed by atoms with Crippen molar-refractivity contribution in [3.05, 3.63) is 33.9 Å². The topological polar surface area (TPSA) is 73.9 Å². The zero-order valence-corrected chi connectivity index (χ0v) is 19.3. The Bertz CT molecular complexity index is 850. The maximum absolute atomic E-state index is 12.4. The van der Waals surface area contributed by atoms with Crippen molar-refractivity contribution < 1.29 is 23.8 Å². The number of hydrogen-bond acceptors (Lipinski definition) is 5. The number of carbonyl (C=O) groups excluding carboxylic acids is 2. The highest BCUT2D eigenvalue weighted by atomic mass is 16.5. The molecule has 0 unspecified atom stereocenters. The Morgan fingerprint density at radius 3 is 2.42 bits per heavy atom. The quantitative estimate of drug-likeness (QED) is 0.365. The Balaban J connectivity index is 1.66. The van der Waals surface area contributed by atoms with Gasteiger partial charge in [-0.1, -0.05) is 37.3 Å². The summed E-state index contributed by atoms with van der Waals surface area (Å²) in [4.78, 5) is 24.6. The molecule has 31 heavy (non-hydrogen) atoms. The minimum absolute atomic E-state index is 0.130. The third kappa shape index (κ3) is 5.41. The van der Waals surface area contributed by atoms with E-state index in [4.69, 9.17) is 14.2 Å². The second-order valence-corrected chi connectivity index (χ2v) is 8.61. The van der Waals surface area contributed by atoms with Gasteiger partial charge >= 0.3 is 5.97 Å². The molecule has 1 heterocycles. The molecule has 170 valence electrons. The molecule has 0 bridgehead atoms. The van der Waals surface area contributed by atoms with E-state index < -0.39 is 0 Å². The monoisotopic (exact) mass is 429 g/mol. The van der Waals surface area contributed by atoms with Gasteiger partial charge in [0.05, 0.1) is 14.2 Å². The van der Waals surface area contributed by atoms with Crippen LogP contribution >= 0.6 is 0 Å².